The molecule has 0 saturated heterocycles. The summed E-state index contributed by atoms with van der Waals surface area (Å²) in [4.78, 5) is 26.6. The zero-order valence-corrected chi connectivity index (χ0v) is 20.1. The molecule has 0 aromatic heterocycles. The molecule has 0 saturated carbocycles. The molecular formula is C26H22ClNO5S. The highest BCUT2D eigenvalue weighted by Gasteiger charge is 2.39. The van der Waals surface area contributed by atoms with Crippen LogP contribution in [0.1, 0.15) is 29.0 Å². The van der Waals surface area contributed by atoms with Crippen LogP contribution in [0.3, 0.4) is 0 Å². The maximum absolute atomic E-state index is 14.0. The van der Waals surface area contributed by atoms with Crippen molar-refractivity contribution >= 4 is 45.3 Å². The molecule has 8 heteroatoms. The Balaban J connectivity index is 2.00. The van der Waals surface area contributed by atoms with Crippen LogP contribution in [0.5, 0.6) is 0 Å². The van der Waals surface area contributed by atoms with Gasteiger partial charge in [-0.05, 0) is 55.3 Å². The lowest BCUT2D eigenvalue weighted by Gasteiger charge is -2.30. The SMILES string of the molecule is COC(=O)/C1=C/c2cc(Cl)ccc2N(S(=O)(=O)c2ccc(C)cc2)C(=O)C(c2ccccc2)C1. The van der Waals surface area contributed by atoms with Crippen molar-refractivity contribution in [2.75, 3.05) is 11.4 Å². The standard InChI is InChI=1S/C26H22ClNO5S/c1-17-8-11-22(12-9-17)34(31,32)28-24-13-10-21(27)15-19(24)14-20(26(30)33-2)16-23(25(28)29)18-6-4-3-5-7-18/h3-15,23H,16H2,1-2H3/b20-14+. The minimum absolute atomic E-state index is 0.0168. The van der Waals surface area contributed by atoms with E-state index in [9.17, 15) is 18.0 Å². The molecule has 0 N–H and O–H groups in total. The minimum atomic E-state index is -4.28. The molecular weight excluding hydrogens is 474 g/mol. The van der Waals surface area contributed by atoms with E-state index >= 15 is 0 Å². The maximum atomic E-state index is 14.0. The highest BCUT2D eigenvalue weighted by Crippen LogP contribution is 2.39. The lowest BCUT2D eigenvalue weighted by Crippen LogP contribution is -2.41. The molecule has 174 valence electrons. The van der Waals surface area contributed by atoms with Crippen LogP contribution in [-0.4, -0.2) is 27.4 Å². The number of hydrogen-bond donors (Lipinski definition) is 0. The lowest BCUT2D eigenvalue weighted by atomic mass is 9.88. The van der Waals surface area contributed by atoms with Gasteiger partial charge < -0.3 is 4.74 Å². The number of carbonyl (C=O) groups excluding carboxylic acids is 2. The number of methoxy groups -OCH3 is 1. The number of ether oxygens (including phenoxy) is 1. The van der Waals surface area contributed by atoms with Gasteiger partial charge in [0.15, 0.2) is 0 Å². The monoisotopic (exact) mass is 495 g/mol. The van der Waals surface area contributed by atoms with Gasteiger partial charge in [-0.1, -0.05) is 59.6 Å². The third kappa shape index (κ3) is 4.49. The first-order valence-electron chi connectivity index (χ1n) is 10.5. The van der Waals surface area contributed by atoms with Gasteiger partial charge in [0.25, 0.3) is 10.0 Å². The van der Waals surface area contributed by atoms with Crippen molar-refractivity contribution in [3.63, 3.8) is 0 Å². The van der Waals surface area contributed by atoms with Gasteiger partial charge in [0.1, 0.15) is 0 Å². The summed E-state index contributed by atoms with van der Waals surface area (Å²) in [6, 6.07) is 19.6. The summed E-state index contributed by atoms with van der Waals surface area (Å²) in [5, 5.41) is 0.333. The Hall–Kier alpha value is -3.42. The van der Waals surface area contributed by atoms with Crippen molar-refractivity contribution in [3.8, 4) is 0 Å². The van der Waals surface area contributed by atoms with Gasteiger partial charge in [-0.15, -0.1) is 0 Å². The molecule has 0 radical (unpaired) electrons. The normalized spacial score (nSPS) is 17.7. The van der Waals surface area contributed by atoms with Gasteiger partial charge in [0, 0.05) is 16.2 Å². The van der Waals surface area contributed by atoms with Crippen LogP contribution >= 0.6 is 11.6 Å². The summed E-state index contributed by atoms with van der Waals surface area (Å²) in [5.41, 5.74) is 2.14. The van der Waals surface area contributed by atoms with E-state index in [1.54, 1.807) is 42.5 Å². The second-order valence-electron chi connectivity index (χ2n) is 7.95. The van der Waals surface area contributed by atoms with Crippen molar-refractivity contribution in [2.45, 2.75) is 24.2 Å². The first kappa shape index (κ1) is 23.7. The molecule has 1 aliphatic rings. The summed E-state index contributed by atoms with van der Waals surface area (Å²) >= 11 is 6.19. The van der Waals surface area contributed by atoms with E-state index in [0.717, 1.165) is 9.87 Å². The number of amides is 1. The largest absolute Gasteiger partial charge is 0.466 e. The molecule has 3 aromatic rings. The molecule has 0 aliphatic carbocycles. The molecule has 1 unspecified atom stereocenters. The van der Waals surface area contributed by atoms with Crippen LogP contribution in [0.25, 0.3) is 6.08 Å². The Kier molecular flexibility index (Phi) is 6.59. The molecule has 0 bridgehead atoms. The van der Waals surface area contributed by atoms with E-state index in [1.165, 1.54) is 43.5 Å². The molecule has 34 heavy (non-hydrogen) atoms. The van der Waals surface area contributed by atoms with E-state index in [0.29, 0.717) is 16.1 Å². The Morgan fingerprint density at radius 3 is 2.35 bits per heavy atom. The summed E-state index contributed by atoms with van der Waals surface area (Å²) in [6.07, 6.45) is 1.49. The molecule has 3 aromatic carbocycles. The fourth-order valence-corrected chi connectivity index (χ4v) is 5.58. The Labute approximate surface area is 203 Å². The van der Waals surface area contributed by atoms with Crippen LogP contribution in [-0.2, 0) is 24.3 Å². The highest BCUT2D eigenvalue weighted by molar-refractivity contribution is 7.93. The van der Waals surface area contributed by atoms with Crippen molar-refractivity contribution in [1.29, 1.82) is 0 Å². The topological polar surface area (TPSA) is 80.8 Å². The summed E-state index contributed by atoms with van der Waals surface area (Å²) in [6.45, 7) is 1.85. The van der Waals surface area contributed by atoms with Crippen LogP contribution in [0, 0.1) is 6.92 Å². The summed E-state index contributed by atoms with van der Waals surface area (Å²) < 4.78 is 33.4. The summed E-state index contributed by atoms with van der Waals surface area (Å²) in [7, 11) is -3.02. The van der Waals surface area contributed by atoms with Crippen LogP contribution < -0.4 is 4.31 Å². The maximum Gasteiger partial charge on any atom is 0.333 e. The average molecular weight is 496 g/mol. The number of hydrogen-bond acceptors (Lipinski definition) is 5. The number of sulfonamides is 1. The zero-order valence-electron chi connectivity index (χ0n) is 18.6. The number of anilines is 1. The predicted molar refractivity (Wildman–Crippen MR) is 131 cm³/mol. The number of fused-ring (bicyclic) bond motifs is 1. The second kappa shape index (κ2) is 9.44. The molecule has 0 spiro atoms. The molecule has 0 fully saturated rings. The van der Waals surface area contributed by atoms with Gasteiger partial charge >= 0.3 is 5.97 Å². The third-order valence-corrected chi connectivity index (χ3v) is 7.63. The van der Waals surface area contributed by atoms with Crippen molar-refractivity contribution < 1.29 is 22.7 Å². The van der Waals surface area contributed by atoms with Gasteiger partial charge in [-0.25, -0.2) is 17.5 Å². The third-order valence-electron chi connectivity index (χ3n) is 5.67. The molecule has 1 atom stereocenters. The van der Waals surface area contributed by atoms with Crippen LogP contribution in [0.4, 0.5) is 5.69 Å². The van der Waals surface area contributed by atoms with E-state index in [2.05, 4.69) is 0 Å². The number of carbonyl (C=O) groups is 2. The molecule has 4 rings (SSSR count). The van der Waals surface area contributed by atoms with Gasteiger partial charge in [0.05, 0.1) is 23.6 Å². The lowest BCUT2D eigenvalue weighted by molar-refractivity contribution is -0.136. The van der Waals surface area contributed by atoms with E-state index in [1.807, 2.05) is 6.92 Å². The number of nitrogens with zero attached hydrogens (tertiary/aromatic N) is 1. The number of benzene rings is 3. The fourth-order valence-electron chi connectivity index (χ4n) is 3.92. The summed E-state index contributed by atoms with van der Waals surface area (Å²) in [5.74, 6) is -2.21. The molecule has 1 aliphatic heterocycles. The van der Waals surface area contributed by atoms with Gasteiger partial charge in [0.2, 0.25) is 5.91 Å². The predicted octanol–water partition coefficient (Wildman–Crippen LogP) is 5.11. The zero-order chi connectivity index (χ0) is 24.5. The van der Waals surface area contributed by atoms with Crippen molar-refractivity contribution in [1.82, 2.24) is 0 Å². The smallest absolute Gasteiger partial charge is 0.333 e. The Morgan fingerprint density at radius 1 is 1.03 bits per heavy atom. The number of rotatable bonds is 4. The number of aryl methyl sites for hydroxylation is 1. The second-order valence-corrected chi connectivity index (χ2v) is 10.2. The van der Waals surface area contributed by atoms with Gasteiger partial charge in [-0.2, -0.15) is 0 Å². The van der Waals surface area contributed by atoms with Crippen LogP contribution in [0.15, 0.2) is 83.3 Å². The first-order chi connectivity index (χ1) is 16.2. The molecule has 6 nitrogen and oxygen atoms in total. The van der Waals surface area contributed by atoms with E-state index in [-0.39, 0.29) is 22.6 Å². The molecule has 1 amide bonds. The average Bonchev–Trinajstić information content (AvgIpc) is 2.82. The minimum Gasteiger partial charge on any atom is -0.466 e. The van der Waals surface area contributed by atoms with Crippen LogP contribution in [0.2, 0.25) is 5.02 Å². The van der Waals surface area contributed by atoms with Crippen molar-refractivity contribution in [3.05, 3.63) is 100 Å². The van der Waals surface area contributed by atoms with E-state index < -0.39 is 27.8 Å². The van der Waals surface area contributed by atoms with Crippen molar-refractivity contribution in [2.24, 2.45) is 0 Å². The molecule has 1 heterocycles. The quantitative estimate of drug-likeness (QED) is 0.469. The highest BCUT2D eigenvalue weighted by atomic mass is 35.5. The van der Waals surface area contributed by atoms with Gasteiger partial charge in [-0.3, -0.25) is 4.79 Å². The fraction of sp³-hybridized carbons (Fsp3) is 0.154. The Bertz CT molecular complexity index is 1380. The number of halogens is 1. The Morgan fingerprint density at radius 2 is 1.71 bits per heavy atom. The first-order valence-corrected chi connectivity index (χ1v) is 12.3. The number of esters is 1. The van der Waals surface area contributed by atoms with E-state index in [4.69, 9.17) is 16.3 Å².